The van der Waals surface area contributed by atoms with Crippen molar-refractivity contribution in [1.82, 2.24) is 15.1 Å². The van der Waals surface area contributed by atoms with Crippen molar-refractivity contribution in [3.63, 3.8) is 0 Å². The normalized spacial score (nSPS) is 27.3. The molecule has 2 heterocycles. The molecule has 0 radical (unpaired) electrons. The predicted octanol–water partition coefficient (Wildman–Crippen LogP) is 1.05. The maximum absolute atomic E-state index is 12.3. The number of urea groups is 1. The maximum Gasteiger partial charge on any atom is 0.318 e. The van der Waals surface area contributed by atoms with Gasteiger partial charge in [0.1, 0.15) is 6.04 Å². The zero-order chi connectivity index (χ0) is 13.1. The van der Waals surface area contributed by atoms with Crippen molar-refractivity contribution in [2.24, 2.45) is 5.92 Å². The predicted molar refractivity (Wildman–Crippen MR) is 69.2 cm³/mol. The Hall–Kier alpha value is -1.26. The fourth-order valence-corrected chi connectivity index (χ4v) is 2.91. The highest BCUT2D eigenvalue weighted by Crippen LogP contribution is 2.29. The van der Waals surface area contributed by atoms with E-state index >= 15 is 0 Å². The van der Waals surface area contributed by atoms with Crippen LogP contribution < -0.4 is 5.32 Å². The lowest BCUT2D eigenvalue weighted by Crippen LogP contribution is -2.61. The molecule has 2 bridgehead atoms. The first-order valence-corrected chi connectivity index (χ1v) is 7.00. The Bertz CT molecular complexity index is 332. The van der Waals surface area contributed by atoms with Crippen LogP contribution in [0.1, 0.15) is 33.1 Å². The number of nitrogens with zero attached hydrogens (tertiary/aromatic N) is 2. The summed E-state index contributed by atoms with van der Waals surface area (Å²) in [6, 6.07) is -0.305. The largest absolute Gasteiger partial charge is 0.341 e. The molecule has 0 unspecified atom stereocenters. The van der Waals surface area contributed by atoms with Crippen LogP contribution in [-0.4, -0.2) is 54.0 Å². The molecule has 5 heteroatoms. The Morgan fingerprint density at radius 3 is 2.89 bits per heavy atom. The average Bonchev–Trinajstić information content (AvgIpc) is 2.40. The highest BCUT2D eigenvalue weighted by atomic mass is 16.2. The fourth-order valence-electron chi connectivity index (χ4n) is 2.91. The Labute approximate surface area is 108 Å². The van der Waals surface area contributed by atoms with E-state index in [0.717, 1.165) is 32.4 Å². The molecule has 18 heavy (non-hydrogen) atoms. The summed E-state index contributed by atoms with van der Waals surface area (Å²) in [4.78, 5) is 27.9. The quantitative estimate of drug-likeness (QED) is 0.817. The molecule has 5 nitrogen and oxygen atoms in total. The second-order valence-corrected chi connectivity index (χ2v) is 5.21. The molecule has 2 rings (SSSR count). The first-order valence-electron chi connectivity index (χ1n) is 7.00. The number of piperidine rings is 2. The Balaban J connectivity index is 2.04. The third-order valence-electron chi connectivity index (χ3n) is 3.96. The molecule has 3 amide bonds. The average molecular weight is 253 g/mol. The zero-order valence-electron chi connectivity index (χ0n) is 11.3. The minimum atomic E-state index is -0.227. The standard InChI is InChI=1S/C13H23N3O2/c1-3-6-14-13(18)16-7-5-10-8-11(16)12(17)15(4-2)9-10/h10-11H,3-9H2,1-2H3,(H,14,18)/t10-,11+/m0/s1. The highest BCUT2D eigenvalue weighted by molar-refractivity contribution is 5.88. The molecule has 2 atom stereocenters. The van der Waals surface area contributed by atoms with Crippen LogP contribution in [0.4, 0.5) is 4.79 Å². The van der Waals surface area contributed by atoms with E-state index in [0.29, 0.717) is 19.0 Å². The molecule has 0 aliphatic carbocycles. The molecule has 2 saturated heterocycles. The molecule has 0 aromatic rings. The third kappa shape index (κ3) is 2.44. The van der Waals surface area contributed by atoms with Crippen molar-refractivity contribution in [3.8, 4) is 0 Å². The minimum absolute atomic E-state index is 0.0772. The smallest absolute Gasteiger partial charge is 0.318 e. The van der Waals surface area contributed by atoms with Crippen molar-refractivity contribution in [2.75, 3.05) is 26.2 Å². The van der Waals surface area contributed by atoms with Gasteiger partial charge < -0.3 is 15.1 Å². The number of carbonyl (C=O) groups excluding carboxylic acids is 2. The van der Waals surface area contributed by atoms with Crippen molar-refractivity contribution >= 4 is 11.9 Å². The van der Waals surface area contributed by atoms with Crippen LogP contribution in [0.2, 0.25) is 0 Å². The molecule has 0 spiro atoms. The number of nitrogens with one attached hydrogen (secondary N) is 1. The van der Waals surface area contributed by atoms with Crippen LogP contribution in [0.3, 0.4) is 0 Å². The summed E-state index contributed by atoms with van der Waals surface area (Å²) < 4.78 is 0. The molecular formula is C13H23N3O2. The topological polar surface area (TPSA) is 52.7 Å². The summed E-state index contributed by atoms with van der Waals surface area (Å²) in [6.45, 7) is 7.04. The molecule has 1 N–H and O–H groups in total. The van der Waals surface area contributed by atoms with Gasteiger partial charge in [-0.3, -0.25) is 4.79 Å². The number of fused-ring (bicyclic) bond motifs is 2. The molecule has 0 saturated carbocycles. The number of hydrogen-bond donors (Lipinski definition) is 1. The second kappa shape index (κ2) is 5.59. The van der Waals surface area contributed by atoms with Gasteiger partial charge in [0.05, 0.1) is 0 Å². The summed E-state index contributed by atoms with van der Waals surface area (Å²) in [6.07, 6.45) is 2.77. The lowest BCUT2D eigenvalue weighted by Gasteiger charge is -2.46. The van der Waals surface area contributed by atoms with Gasteiger partial charge in [-0.1, -0.05) is 6.92 Å². The van der Waals surface area contributed by atoms with E-state index < -0.39 is 0 Å². The molecule has 2 aliphatic heterocycles. The molecular weight excluding hydrogens is 230 g/mol. The summed E-state index contributed by atoms with van der Waals surface area (Å²) in [5, 5.41) is 2.87. The van der Waals surface area contributed by atoms with Crippen LogP contribution in [0.15, 0.2) is 0 Å². The number of amides is 3. The SMILES string of the molecule is CCCNC(=O)N1CC[C@H]2C[C@@H]1C(=O)N(CC)C2. The molecule has 2 aliphatic rings. The lowest BCUT2D eigenvalue weighted by molar-refractivity contribution is -0.143. The van der Waals surface area contributed by atoms with E-state index in [4.69, 9.17) is 0 Å². The fraction of sp³-hybridized carbons (Fsp3) is 0.846. The summed E-state index contributed by atoms with van der Waals surface area (Å²) in [7, 11) is 0. The highest BCUT2D eigenvalue weighted by Gasteiger charge is 2.42. The van der Waals surface area contributed by atoms with Crippen LogP contribution in [-0.2, 0) is 4.79 Å². The van der Waals surface area contributed by atoms with E-state index in [2.05, 4.69) is 5.32 Å². The van der Waals surface area contributed by atoms with Gasteiger partial charge in [0.25, 0.3) is 0 Å². The number of likely N-dealkylation sites (N-methyl/N-ethyl adjacent to an activating group) is 1. The first-order chi connectivity index (χ1) is 8.67. The van der Waals surface area contributed by atoms with Crippen molar-refractivity contribution in [2.45, 2.75) is 39.2 Å². The number of carbonyl (C=O) groups is 2. The lowest BCUT2D eigenvalue weighted by atomic mass is 9.86. The molecule has 0 aromatic heterocycles. The van der Waals surface area contributed by atoms with E-state index in [1.165, 1.54) is 0 Å². The molecule has 0 aromatic carbocycles. The zero-order valence-corrected chi connectivity index (χ0v) is 11.3. The van der Waals surface area contributed by atoms with Crippen molar-refractivity contribution in [3.05, 3.63) is 0 Å². The number of hydrogen-bond acceptors (Lipinski definition) is 2. The summed E-state index contributed by atoms with van der Waals surface area (Å²) >= 11 is 0. The van der Waals surface area contributed by atoms with Gasteiger partial charge >= 0.3 is 6.03 Å². The van der Waals surface area contributed by atoms with Crippen molar-refractivity contribution in [1.29, 1.82) is 0 Å². The van der Waals surface area contributed by atoms with Gasteiger partial charge in [0.2, 0.25) is 5.91 Å². The Morgan fingerprint density at radius 2 is 2.22 bits per heavy atom. The Kier molecular flexibility index (Phi) is 4.09. The van der Waals surface area contributed by atoms with Gasteiger partial charge in [0, 0.05) is 26.2 Å². The van der Waals surface area contributed by atoms with Gasteiger partial charge in [-0.15, -0.1) is 0 Å². The summed E-state index contributed by atoms with van der Waals surface area (Å²) in [5.74, 6) is 0.697. The number of likely N-dealkylation sites (tertiary alicyclic amines) is 2. The van der Waals surface area contributed by atoms with Gasteiger partial charge in [-0.25, -0.2) is 4.79 Å². The number of rotatable bonds is 3. The van der Waals surface area contributed by atoms with Crippen molar-refractivity contribution < 1.29 is 9.59 Å². The maximum atomic E-state index is 12.3. The van der Waals surface area contributed by atoms with E-state index in [9.17, 15) is 9.59 Å². The van der Waals surface area contributed by atoms with Crippen LogP contribution in [0.25, 0.3) is 0 Å². The van der Waals surface area contributed by atoms with Gasteiger partial charge in [0.15, 0.2) is 0 Å². The molecule has 102 valence electrons. The second-order valence-electron chi connectivity index (χ2n) is 5.21. The summed E-state index contributed by atoms with van der Waals surface area (Å²) in [5.41, 5.74) is 0. The van der Waals surface area contributed by atoms with Gasteiger partial charge in [-0.05, 0) is 32.1 Å². The van der Waals surface area contributed by atoms with Gasteiger partial charge in [-0.2, -0.15) is 0 Å². The Morgan fingerprint density at radius 1 is 1.44 bits per heavy atom. The molecule has 2 fully saturated rings. The first kappa shape index (κ1) is 13.2. The van der Waals surface area contributed by atoms with E-state index in [1.54, 1.807) is 4.90 Å². The third-order valence-corrected chi connectivity index (χ3v) is 3.96. The monoisotopic (exact) mass is 253 g/mol. The van der Waals surface area contributed by atoms with E-state index in [1.807, 2.05) is 18.7 Å². The van der Waals surface area contributed by atoms with E-state index in [-0.39, 0.29) is 18.0 Å². The van der Waals surface area contributed by atoms with Crippen LogP contribution in [0, 0.1) is 5.92 Å². The minimum Gasteiger partial charge on any atom is -0.341 e. The van der Waals surface area contributed by atoms with Crippen LogP contribution in [0.5, 0.6) is 0 Å². The van der Waals surface area contributed by atoms with Crippen LogP contribution >= 0.6 is 0 Å².